The molecule has 0 aromatic carbocycles. The summed E-state index contributed by atoms with van der Waals surface area (Å²) in [6.45, 7) is 1.53. The zero-order valence-corrected chi connectivity index (χ0v) is 13.2. The number of piperidine rings is 1. The Morgan fingerprint density at radius 1 is 1.35 bits per heavy atom. The molecule has 1 aliphatic heterocycles. The molecule has 2 aromatic rings. The third kappa shape index (κ3) is 2.73. The molecular formula is C13H15BrN4OS. The minimum absolute atomic E-state index is 0.124. The fourth-order valence-electron chi connectivity index (χ4n) is 2.47. The molecule has 1 aliphatic rings. The van der Waals surface area contributed by atoms with E-state index in [-0.39, 0.29) is 5.91 Å². The van der Waals surface area contributed by atoms with E-state index in [9.17, 15) is 4.79 Å². The van der Waals surface area contributed by atoms with Gasteiger partial charge in [0.25, 0.3) is 5.91 Å². The van der Waals surface area contributed by atoms with Gasteiger partial charge in [0.15, 0.2) is 0 Å². The van der Waals surface area contributed by atoms with Crippen LogP contribution in [0.2, 0.25) is 0 Å². The Labute approximate surface area is 129 Å². The topological polar surface area (TPSA) is 64.2 Å². The van der Waals surface area contributed by atoms with E-state index in [0.717, 1.165) is 34.6 Å². The first kappa shape index (κ1) is 13.6. The second-order valence-electron chi connectivity index (χ2n) is 4.85. The molecular weight excluding hydrogens is 340 g/mol. The van der Waals surface area contributed by atoms with Gasteiger partial charge in [-0.2, -0.15) is 5.10 Å². The van der Waals surface area contributed by atoms with Crippen LogP contribution in [0.15, 0.2) is 28.2 Å². The summed E-state index contributed by atoms with van der Waals surface area (Å²) < 4.78 is 2.90. The zero-order valence-electron chi connectivity index (χ0n) is 10.8. The van der Waals surface area contributed by atoms with Gasteiger partial charge in [0.1, 0.15) is 5.82 Å². The van der Waals surface area contributed by atoms with E-state index < -0.39 is 0 Å². The van der Waals surface area contributed by atoms with Gasteiger partial charge >= 0.3 is 0 Å². The largest absolute Gasteiger partial charge is 0.382 e. The number of nitrogen functional groups attached to an aromatic ring is 1. The summed E-state index contributed by atoms with van der Waals surface area (Å²) in [5, 5.41) is 4.25. The van der Waals surface area contributed by atoms with Crippen LogP contribution in [0.5, 0.6) is 0 Å². The number of amides is 1. The van der Waals surface area contributed by atoms with Crippen molar-refractivity contribution >= 4 is 39.0 Å². The maximum absolute atomic E-state index is 12.3. The summed E-state index contributed by atoms with van der Waals surface area (Å²) in [5.74, 6) is 0.672. The Morgan fingerprint density at radius 3 is 2.65 bits per heavy atom. The summed E-state index contributed by atoms with van der Waals surface area (Å²) in [4.78, 5) is 15.0. The van der Waals surface area contributed by atoms with Crippen LogP contribution in [-0.2, 0) is 0 Å². The maximum atomic E-state index is 12.3. The molecule has 0 bridgehead atoms. The van der Waals surface area contributed by atoms with Crippen molar-refractivity contribution in [2.75, 3.05) is 18.8 Å². The number of hydrogen-bond donors (Lipinski definition) is 1. The molecule has 3 heterocycles. The minimum atomic E-state index is 0.124. The van der Waals surface area contributed by atoms with Crippen molar-refractivity contribution in [1.82, 2.24) is 14.7 Å². The normalized spacial score (nSPS) is 16.6. The summed E-state index contributed by atoms with van der Waals surface area (Å²) in [5.41, 5.74) is 5.64. The van der Waals surface area contributed by atoms with E-state index in [1.54, 1.807) is 6.07 Å². The molecule has 1 saturated heterocycles. The van der Waals surface area contributed by atoms with Gasteiger partial charge in [-0.25, -0.2) is 0 Å². The van der Waals surface area contributed by atoms with Crippen molar-refractivity contribution in [2.24, 2.45) is 0 Å². The third-order valence-corrected chi connectivity index (χ3v) is 5.15. The number of halogens is 1. The summed E-state index contributed by atoms with van der Waals surface area (Å²) >= 11 is 4.87. The van der Waals surface area contributed by atoms with E-state index in [0.29, 0.717) is 11.9 Å². The lowest BCUT2D eigenvalue weighted by atomic mass is 10.1. The molecule has 5 nitrogen and oxygen atoms in total. The monoisotopic (exact) mass is 354 g/mol. The first-order valence-corrected chi connectivity index (χ1v) is 8.09. The molecule has 1 fully saturated rings. The number of nitrogens with two attached hydrogens (primary N) is 1. The van der Waals surface area contributed by atoms with Gasteiger partial charge in [-0.1, -0.05) is 0 Å². The van der Waals surface area contributed by atoms with Crippen molar-refractivity contribution in [3.05, 3.63) is 33.1 Å². The molecule has 0 unspecified atom stereocenters. The van der Waals surface area contributed by atoms with Crippen LogP contribution >= 0.6 is 27.3 Å². The highest BCUT2D eigenvalue weighted by Gasteiger charge is 2.25. The Balaban J connectivity index is 1.62. The van der Waals surface area contributed by atoms with E-state index in [1.165, 1.54) is 11.3 Å². The molecule has 7 heteroatoms. The van der Waals surface area contributed by atoms with Crippen molar-refractivity contribution in [3.8, 4) is 0 Å². The molecule has 2 N–H and O–H groups in total. The molecule has 1 amide bonds. The smallest absolute Gasteiger partial charge is 0.263 e. The van der Waals surface area contributed by atoms with Crippen LogP contribution in [0.4, 0.5) is 5.82 Å². The molecule has 0 aliphatic carbocycles. The van der Waals surface area contributed by atoms with Crippen molar-refractivity contribution in [1.29, 1.82) is 0 Å². The van der Waals surface area contributed by atoms with Gasteiger partial charge in [-0.15, -0.1) is 11.3 Å². The van der Waals surface area contributed by atoms with E-state index in [4.69, 9.17) is 5.73 Å². The SMILES string of the molecule is Nc1ccn(C2CCN(C(=O)c3ccc(Br)s3)CC2)n1. The van der Waals surface area contributed by atoms with Crippen LogP contribution in [0.3, 0.4) is 0 Å². The highest BCUT2D eigenvalue weighted by atomic mass is 79.9. The van der Waals surface area contributed by atoms with Gasteiger partial charge in [0.2, 0.25) is 0 Å². The number of thiophene rings is 1. The molecule has 0 radical (unpaired) electrons. The summed E-state index contributed by atoms with van der Waals surface area (Å²) in [7, 11) is 0. The lowest BCUT2D eigenvalue weighted by Gasteiger charge is -2.31. The molecule has 2 aromatic heterocycles. The Hall–Kier alpha value is -1.34. The lowest BCUT2D eigenvalue weighted by molar-refractivity contribution is 0.0695. The van der Waals surface area contributed by atoms with Crippen LogP contribution in [0.25, 0.3) is 0 Å². The summed E-state index contributed by atoms with van der Waals surface area (Å²) in [6, 6.07) is 5.93. The minimum Gasteiger partial charge on any atom is -0.382 e. The Morgan fingerprint density at radius 2 is 2.10 bits per heavy atom. The van der Waals surface area contributed by atoms with E-state index in [1.807, 2.05) is 27.9 Å². The average Bonchev–Trinajstić information content (AvgIpc) is 3.07. The lowest BCUT2D eigenvalue weighted by Crippen LogP contribution is -2.38. The van der Waals surface area contributed by atoms with Gasteiger partial charge < -0.3 is 10.6 Å². The quantitative estimate of drug-likeness (QED) is 0.901. The van der Waals surface area contributed by atoms with Crippen LogP contribution < -0.4 is 5.73 Å². The Bertz CT molecular complexity index is 615. The average molecular weight is 355 g/mol. The first-order chi connectivity index (χ1) is 9.63. The highest BCUT2D eigenvalue weighted by molar-refractivity contribution is 9.11. The molecule has 0 atom stereocenters. The van der Waals surface area contributed by atoms with Crippen LogP contribution in [0, 0.1) is 0 Å². The fourth-order valence-corrected chi connectivity index (χ4v) is 3.83. The number of hydrogen-bond acceptors (Lipinski definition) is 4. The van der Waals surface area contributed by atoms with Crippen molar-refractivity contribution in [2.45, 2.75) is 18.9 Å². The highest BCUT2D eigenvalue weighted by Crippen LogP contribution is 2.27. The number of aromatic nitrogens is 2. The second-order valence-corrected chi connectivity index (χ2v) is 7.31. The number of anilines is 1. The van der Waals surface area contributed by atoms with Gasteiger partial charge in [-0.3, -0.25) is 9.48 Å². The Kier molecular flexibility index (Phi) is 3.80. The van der Waals surface area contributed by atoms with Crippen molar-refractivity contribution in [3.63, 3.8) is 0 Å². The molecule has 106 valence electrons. The van der Waals surface area contributed by atoms with Crippen molar-refractivity contribution < 1.29 is 4.79 Å². The van der Waals surface area contributed by atoms with E-state index >= 15 is 0 Å². The predicted octanol–water partition coefficient (Wildman–Crippen LogP) is 2.77. The number of carbonyl (C=O) groups excluding carboxylic acids is 1. The number of carbonyl (C=O) groups is 1. The number of nitrogens with zero attached hydrogens (tertiary/aromatic N) is 3. The molecule has 0 saturated carbocycles. The third-order valence-electron chi connectivity index (χ3n) is 3.54. The van der Waals surface area contributed by atoms with Crippen LogP contribution in [0.1, 0.15) is 28.6 Å². The fraction of sp³-hybridized carbons (Fsp3) is 0.385. The maximum Gasteiger partial charge on any atom is 0.263 e. The standard InChI is InChI=1S/C13H15BrN4OS/c14-11-2-1-10(20-11)13(19)17-6-3-9(4-7-17)18-8-5-12(15)16-18/h1-2,5,8-9H,3-4,6-7H2,(H2,15,16). The number of rotatable bonds is 2. The molecule has 0 spiro atoms. The van der Waals surface area contributed by atoms with Gasteiger partial charge in [-0.05, 0) is 47.0 Å². The number of likely N-dealkylation sites (tertiary alicyclic amines) is 1. The van der Waals surface area contributed by atoms with Gasteiger partial charge in [0.05, 0.1) is 14.7 Å². The zero-order chi connectivity index (χ0) is 14.1. The van der Waals surface area contributed by atoms with E-state index in [2.05, 4.69) is 21.0 Å². The van der Waals surface area contributed by atoms with Crippen LogP contribution in [-0.4, -0.2) is 33.7 Å². The second kappa shape index (κ2) is 5.57. The molecule has 20 heavy (non-hydrogen) atoms. The van der Waals surface area contributed by atoms with Gasteiger partial charge in [0, 0.05) is 19.3 Å². The summed E-state index contributed by atoms with van der Waals surface area (Å²) in [6.07, 6.45) is 3.74. The first-order valence-electron chi connectivity index (χ1n) is 6.49. The predicted molar refractivity (Wildman–Crippen MR) is 82.8 cm³/mol. The molecule has 3 rings (SSSR count).